The van der Waals surface area contributed by atoms with Gasteiger partial charge in [0.25, 0.3) is 0 Å². The highest BCUT2D eigenvalue weighted by atomic mass is 16.5. The second-order valence-electron chi connectivity index (χ2n) is 4.60. The number of methoxy groups -OCH3 is 1. The molecular weight excluding hydrogens is 258 g/mol. The van der Waals surface area contributed by atoms with Gasteiger partial charge in [-0.1, -0.05) is 6.07 Å². The van der Waals surface area contributed by atoms with Crippen molar-refractivity contribution in [1.82, 2.24) is 4.57 Å². The average molecular weight is 271 g/mol. The van der Waals surface area contributed by atoms with Gasteiger partial charge in [-0.3, -0.25) is 4.79 Å². The van der Waals surface area contributed by atoms with Crippen LogP contribution in [0.1, 0.15) is 0 Å². The Hall–Kier alpha value is -2.69. The molecule has 0 saturated carbocycles. The molecule has 1 heterocycles. The van der Waals surface area contributed by atoms with Crippen molar-refractivity contribution in [3.8, 4) is 17.2 Å². The molecule has 3 rings (SSSR count). The summed E-state index contributed by atoms with van der Waals surface area (Å²) >= 11 is 0. The molecule has 0 aliphatic heterocycles. The van der Waals surface area contributed by atoms with Crippen LogP contribution in [0, 0.1) is 0 Å². The minimum Gasteiger partial charge on any atom is -0.508 e. The lowest BCUT2D eigenvalue weighted by Gasteiger charge is -2.14. The highest BCUT2D eigenvalue weighted by Crippen LogP contribution is 2.32. The molecule has 0 saturated heterocycles. The molecule has 2 N–H and O–H groups in total. The number of hydrogen-bond donors (Lipinski definition) is 2. The van der Waals surface area contributed by atoms with Crippen LogP contribution >= 0.6 is 0 Å². The van der Waals surface area contributed by atoms with Crippen molar-refractivity contribution in [3.63, 3.8) is 0 Å². The van der Waals surface area contributed by atoms with E-state index in [0.717, 1.165) is 6.07 Å². The van der Waals surface area contributed by atoms with Gasteiger partial charge in [-0.15, -0.1) is 0 Å². The number of phenolic OH excluding ortho intramolecular Hbond substituents is 2. The molecule has 0 fully saturated rings. The number of pyridine rings is 1. The summed E-state index contributed by atoms with van der Waals surface area (Å²) in [6, 6.07) is 7.78. The van der Waals surface area contributed by atoms with Gasteiger partial charge in [-0.2, -0.15) is 0 Å². The molecule has 20 heavy (non-hydrogen) atoms. The Morgan fingerprint density at radius 3 is 2.65 bits per heavy atom. The Morgan fingerprint density at radius 2 is 1.95 bits per heavy atom. The number of ether oxygens (including phenoxy) is 1. The Kier molecular flexibility index (Phi) is 2.57. The molecule has 2 aromatic carbocycles. The predicted molar refractivity (Wildman–Crippen MR) is 76.6 cm³/mol. The van der Waals surface area contributed by atoms with Crippen LogP contribution in [0.5, 0.6) is 17.2 Å². The number of aromatic nitrogens is 1. The molecule has 0 aliphatic rings. The average Bonchev–Trinajstić information content (AvgIpc) is 2.43. The van der Waals surface area contributed by atoms with E-state index in [1.165, 1.54) is 13.2 Å². The number of benzene rings is 2. The summed E-state index contributed by atoms with van der Waals surface area (Å²) in [5.41, 5.74) is 0.784. The lowest BCUT2D eigenvalue weighted by atomic mass is 10.1. The van der Waals surface area contributed by atoms with E-state index >= 15 is 0 Å². The van der Waals surface area contributed by atoms with Gasteiger partial charge in [0, 0.05) is 19.2 Å². The molecular formula is C15H13NO4. The minimum absolute atomic E-state index is 0.0979. The SMILES string of the molecule is COc1cccc2c(=O)c3c(O)cc(O)cc3n(C)c12. The van der Waals surface area contributed by atoms with E-state index in [1.54, 1.807) is 29.8 Å². The smallest absolute Gasteiger partial charge is 0.201 e. The van der Waals surface area contributed by atoms with Crippen LogP contribution in [-0.4, -0.2) is 21.9 Å². The first-order chi connectivity index (χ1) is 9.54. The summed E-state index contributed by atoms with van der Waals surface area (Å²) in [5, 5.41) is 20.2. The zero-order valence-corrected chi connectivity index (χ0v) is 11.0. The zero-order valence-electron chi connectivity index (χ0n) is 11.0. The predicted octanol–water partition coefficient (Wildman–Crippen LogP) is 2.11. The van der Waals surface area contributed by atoms with Crippen LogP contribution < -0.4 is 10.2 Å². The summed E-state index contributed by atoms with van der Waals surface area (Å²) in [4.78, 5) is 12.5. The first-order valence-electron chi connectivity index (χ1n) is 6.06. The van der Waals surface area contributed by atoms with Crippen LogP contribution in [0.15, 0.2) is 35.1 Å². The summed E-state index contributed by atoms with van der Waals surface area (Å²) < 4.78 is 7.01. The van der Waals surface area contributed by atoms with Crippen LogP contribution in [-0.2, 0) is 7.05 Å². The molecule has 1 aromatic heterocycles. The second-order valence-corrected chi connectivity index (χ2v) is 4.60. The molecule has 5 nitrogen and oxygen atoms in total. The van der Waals surface area contributed by atoms with Gasteiger partial charge in [0.1, 0.15) is 17.2 Å². The van der Waals surface area contributed by atoms with E-state index in [4.69, 9.17) is 4.74 Å². The molecule has 0 atom stereocenters. The normalized spacial score (nSPS) is 11.1. The van der Waals surface area contributed by atoms with E-state index in [2.05, 4.69) is 0 Å². The van der Waals surface area contributed by atoms with E-state index in [-0.39, 0.29) is 22.3 Å². The van der Waals surface area contributed by atoms with Crippen LogP contribution in [0.25, 0.3) is 21.8 Å². The fraction of sp³-hybridized carbons (Fsp3) is 0.133. The molecule has 0 bridgehead atoms. The highest BCUT2D eigenvalue weighted by Gasteiger charge is 2.15. The summed E-state index contributed by atoms with van der Waals surface area (Å²) in [5.74, 6) is 0.233. The fourth-order valence-corrected chi connectivity index (χ4v) is 2.57. The molecule has 0 amide bonds. The Balaban J connectivity index is 2.69. The van der Waals surface area contributed by atoms with E-state index in [0.29, 0.717) is 22.2 Å². The van der Waals surface area contributed by atoms with Gasteiger partial charge in [-0.05, 0) is 12.1 Å². The summed E-state index contributed by atoms with van der Waals surface area (Å²) in [6.07, 6.45) is 0. The third-order valence-electron chi connectivity index (χ3n) is 3.47. The van der Waals surface area contributed by atoms with Gasteiger partial charge >= 0.3 is 0 Å². The Morgan fingerprint density at radius 1 is 1.20 bits per heavy atom. The largest absolute Gasteiger partial charge is 0.508 e. The van der Waals surface area contributed by atoms with Crippen molar-refractivity contribution in [2.45, 2.75) is 0 Å². The monoisotopic (exact) mass is 271 g/mol. The molecule has 5 heteroatoms. The number of hydrogen-bond acceptors (Lipinski definition) is 4. The molecule has 0 spiro atoms. The molecule has 0 unspecified atom stereocenters. The molecule has 0 aliphatic carbocycles. The van der Waals surface area contributed by atoms with E-state index in [9.17, 15) is 15.0 Å². The van der Waals surface area contributed by atoms with Crippen LogP contribution in [0.4, 0.5) is 0 Å². The lowest BCUT2D eigenvalue weighted by molar-refractivity contribution is 0.418. The maximum absolute atomic E-state index is 12.5. The number of aryl methyl sites for hydroxylation is 1. The van der Waals surface area contributed by atoms with Crippen molar-refractivity contribution >= 4 is 21.8 Å². The topological polar surface area (TPSA) is 71.7 Å². The quantitative estimate of drug-likeness (QED) is 0.665. The van der Waals surface area contributed by atoms with Gasteiger partial charge in [-0.25, -0.2) is 0 Å². The van der Waals surface area contributed by atoms with Crippen molar-refractivity contribution < 1.29 is 14.9 Å². The number of para-hydroxylation sites is 1. The van der Waals surface area contributed by atoms with Gasteiger partial charge < -0.3 is 19.5 Å². The molecule has 102 valence electrons. The number of fused-ring (bicyclic) bond motifs is 2. The van der Waals surface area contributed by atoms with Crippen molar-refractivity contribution in [3.05, 3.63) is 40.6 Å². The zero-order chi connectivity index (χ0) is 14.4. The third kappa shape index (κ3) is 1.53. The Labute approximate surface area is 114 Å². The van der Waals surface area contributed by atoms with Crippen molar-refractivity contribution in [1.29, 1.82) is 0 Å². The first-order valence-corrected chi connectivity index (χ1v) is 6.06. The summed E-state index contributed by atoms with van der Waals surface area (Å²) in [6.45, 7) is 0. The number of rotatable bonds is 1. The van der Waals surface area contributed by atoms with Crippen molar-refractivity contribution in [2.75, 3.05) is 7.11 Å². The van der Waals surface area contributed by atoms with Crippen LogP contribution in [0.3, 0.4) is 0 Å². The third-order valence-corrected chi connectivity index (χ3v) is 3.47. The van der Waals surface area contributed by atoms with Gasteiger partial charge in [0.2, 0.25) is 5.43 Å². The van der Waals surface area contributed by atoms with Gasteiger partial charge in [0.15, 0.2) is 0 Å². The second kappa shape index (κ2) is 4.16. The summed E-state index contributed by atoms with van der Waals surface area (Å²) in [7, 11) is 3.29. The highest BCUT2D eigenvalue weighted by molar-refractivity contribution is 5.99. The molecule has 0 radical (unpaired) electrons. The lowest BCUT2D eigenvalue weighted by Crippen LogP contribution is -2.10. The van der Waals surface area contributed by atoms with Crippen LogP contribution in [0.2, 0.25) is 0 Å². The standard InChI is InChI=1S/C15H13NO4/c1-16-10-6-8(17)7-11(18)13(10)15(19)9-4-3-5-12(20-2)14(9)16/h3-7,17-18H,1-2H3. The number of aromatic hydroxyl groups is 2. The maximum Gasteiger partial charge on any atom is 0.201 e. The van der Waals surface area contributed by atoms with E-state index in [1.807, 2.05) is 0 Å². The first kappa shape index (κ1) is 12.3. The molecule has 3 aromatic rings. The van der Waals surface area contributed by atoms with Crippen molar-refractivity contribution in [2.24, 2.45) is 7.05 Å². The Bertz CT molecular complexity index is 896. The maximum atomic E-state index is 12.5. The number of phenols is 2. The minimum atomic E-state index is -0.287. The van der Waals surface area contributed by atoms with E-state index < -0.39 is 0 Å². The van der Waals surface area contributed by atoms with Gasteiger partial charge in [0.05, 0.1) is 28.9 Å². The fourth-order valence-electron chi connectivity index (χ4n) is 2.57. The number of nitrogens with zero attached hydrogens (tertiary/aromatic N) is 1.